The van der Waals surface area contributed by atoms with Crippen LogP contribution in [0.2, 0.25) is 0 Å². The zero-order valence-electron chi connectivity index (χ0n) is 9.93. The van der Waals surface area contributed by atoms with Gasteiger partial charge in [-0.05, 0) is 21.0 Å². The Bertz CT molecular complexity index is 253. The molecule has 0 rings (SSSR count). The maximum atomic E-state index is 11.1. The van der Waals surface area contributed by atoms with Gasteiger partial charge in [0.25, 0.3) is 0 Å². The van der Waals surface area contributed by atoms with Gasteiger partial charge < -0.3 is 14.4 Å². The van der Waals surface area contributed by atoms with Crippen LogP contribution in [0.15, 0.2) is 12.2 Å². The Balaban J connectivity index is 0. The van der Waals surface area contributed by atoms with E-state index in [-0.39, 0.29) is 18.5 Å². The highest BCUT2D eigenvalue weighted by Gasteiger charge is 2.07. The highest BCUT2D eigenvalue weighted by Crippen LogP contribution is 1.94. The summed E-state index contributed by atoms with van der Waals surface area (Å²) in [5, 5.41) is 0. The second kappa shape index (κ2) is 9.18. The van der Waals surface area contributed by atoms with Crippen molar-refractivity contribution in [2.75, 3.05) is 27.7 Å². The van der Waals surface area contributed by atoms with Gasteiger partial charge >= 0.3 is 11.9 Å². The maximum absolute atomic E-state index is 11.1. The molecule has 0 aliphatic heterocycles. The number of nitrogens with zero attached hydrogens (tertiary/aromatic N) is 1. The van der Waals surface area contributed by atoms with Crippen LogP contribution in [-0.4, -0.2) is 50.7 Å². The normalized spacial score (nSPS) is 12.1. The number of halogens is 1. The summed E-state index contributed by atoms with van der Waals surface area (Å²) in [5.74, 6) is -1.12. The highest BCUT2D eigenvalue weighted by molar-refractivity contribution is 5.91. The molecule has 0 aromatic carbocycles. The first-order chi connectivity index (χ1) is 6.95. The number of esters is 2. The van der Waals surface area contributed by atoms with Crippen LogP contribution < -0.4 is 0 Å². The van der Waals surface area contributed by atoms with Crippen LogP contribution in [0.25, 0.3) is 0 Å². The fourth-order valence-electron chi connectivity index (χ4n) is 0.993. The van der Waals surface area contributed by atoms with Crippen molar-refractivity contribution in [3.8, 4) is 0 Å². The quantitative estimate of drug-likeness (QED) is 0.530. The lowest BCUT2D eigenvalue weighted by molar-refractivity contribution is -0.143. The van der Waals surface area contributed by atoms with Crippen LogP contribution in [-0.2, 0) is 19.1 Å². The van der Waals surface area contributed by atoms with Gasteiger partial charge in [-0.1, -0.05) is 0 Å². The summed E-state index contributed by atoms with van der Waals surface area (Å²) >= 11 is 0. The Morgan fingerprint density at radius 3 is 2.19 bits per heavy atom. The average Bonchev–Trinajstić information content (AvgIpc) is 2.12. The number of rotatable bonds is 5. The number of ether oxygens (including phenoxy) is 2. The third kappa shape index (κ3) is 9.48. The lowest BCUT2D eigenvalue weighted by Gasteiger charge is -2.16. The summed E-state index contributed by atoms with van der Waals surface area (Å²) in [5.41, 5.74) is 0. The molecule has 0 aromatic rings. The molecule has 0 radical (unpaired) electrons. The Labute approximate surface area is 102 Å². The number of hydrogen-bond acceptors (Lipinski definition) is 5. The molecule has 0 aliphatic rings. The van der Waals surface area contributed by atoms with E-state index in [2.05, 4.69) is 4.74 Å². The first kappa shape index (κ1) is 17.3. The van der Waals surface area contributed by atoms with E-state index in [1.54, 1.807) is 6.92 Å². The number of methoxy groups -OCH3 is 1. The molecule has 94 valence electrons. The van der Waals surface area contributed by atoms with Crippen LogP contribution in [0.3, 0.4) is 0 Å². The van der Waals surface area contributed by atoms with Crippen LogP contribution >= 0.6 is 12.4 Å². The molecule has 0 saturated carbocycles. The Morgan fingerprint density at radius 1 is 1.25 bits per heavy atom. The molecule has 0 aromatic heterocycles. The number of likely N-dealkylation sites (N-methyl/N-ethyl adjacent to an activating group) is 1. The van der Waals surface area contributed by atoms with Crippen molar-refractivity contribution < 1.29 is 19.1 Å². The van der Waals surface area contributed by atoms with Gasteiger partial charge in [-0.2, -0.15) is 0 Å². The van der Waals surface area contributed by atoms with Crippen molar-refractivity contribution in [3.63, 3.8) is 0 Å². The van der Waals surface area contributed by atoms with Gasteiger partial charge in [-0.3, -0.25) is 0 Å². The van der Waals surface area contributed by atoms with E-state index < -0.39 is 11.9 Å². The third-order valence-corrected chi connectivity index (χ3v) is 1.50. The first-order valence-corrected chi connectivity index (χ1v) is 4.57. The second-order valence-electron chi connectivity index (χ2n) is 3.37. The van der Waals surface area contributed by atoms with Crippen molar-refractivity contribution in [2.45, 2.75) is 13.0 Å². The summed E-state index contributed by atoms with van der Waals surface area (Å²) in [6.07, 6.45) is 1.87. The molecule has 0 N–H and O–H groups in total. The Kier molecular flexibility index (Phi) is 9.94. The molecule has 1 unspecified atom stereocenters. The standard InChI is InChI=1S/C10H17NO4.ClH/c1-8(7-11(2)3)15-10(13)6-5-9(12)14-4;/h5-6,8H,7H2,1-4H3;1H. The maximum Gasteiger partial charge on any atom is 0.331 e. The van der Waals surface area contributed by atoms with E-state index >= 15 is 0 Å². The highest BCUT2D eigenvalue weighted by atomic mass is 35.5. The average molecular weight is 252 g/mol. The lowest BCUT2D eigenvalue weighted by Crippen LogP contribution is -2.27. The van der Waals surface area contributed by atoms with E-state index in [0.29, 0.717) is 6.54 Å². The minimum Gasteiger partial charge on any atom is -0.466 e. The van der Waals surface area contributed by atoms with Crippen molar-refractivity contribution in [2.24, 2.45) is 0 Å². The summed E-state index contributed by atoms with van der Waals surface area (Å²) in [6, 6.07) is 0. The topological polar surface area (TPSA) is 55.8 Å². The molecule has 0 amide bonds. The molecule has 5 nitrogen and oxygen atoms in total. The number of carbonyl (C=O) groups is 2. The zero-order valence-corrected chi connectivity index (χ0v) is 10.7. The van der Waals surface area contributed by atoms with E-state index in [0.717, 1.165) is 12.2 Å². The Hall–Kier alpha value is -1.07. The van der Waals surface area contributed by atoms with Gasteiger partial charge in [0.15, 0.2) is 0 Å². The molecule has 0 bridgehead atoms. The van der Waals surface area contributed by atoms with Gasteiger partial charge in [-0.25, -0.2) is 9.59 Å². The minimum absolute atomic E-state index is 0. The lowest BCUT2D eigenvalue weighted by atomic mass is 10.4. The summed E-state index contributed by atoms with van der Waals surface area (Å²) in [6.45, 7) is 2.42. The van der Waals surface area contributed by atoms with Crippen LogP contribution in [0.5, 0.6) is 0 Å². The molecule has 6 heteroatoms. The van der Waals surface area contributed by atoms with E-state index in [1.807, 2.05) is 19.0 Å². The molecule has 0 heterocycles. The summed E-state index contributed by atoms with van der Waals surface area (Å²) in [7, 11) is 5.01. The smallest absolute Gasteiger partial charge is 0.331 e. The first-order valence-electron chi connectivity index (χ1n) is 4.57. The number of hydrogen-bond donors (Lipinski definition) is 0. The molecular formula is C10H18ClNO4. The van der Waals surface area contributed by atoms with Crippen molar-refractivity contribution in [1.29, 1.82) is 0 Å². The van der Waals surface area contributed by atoms with Crippen molar-refractivity contribution in [3.05, 3.63) is 12.2 Å². The predicted octanol–water partition coefficient (Wildman–Crippen LogP) is 0.631. The molecule has 0 spiro atoms. The molecule has 0 aliphatic carbocycles. The van der Waals surface area contributed by atoms with Crippen molar-refractivity contribution >= 4 is 24.3 Å². The van der Waals surface area contributed by atoms with Crippen molar-refractivity contribution in [1.82, 2.24) is 4.90 Å². The van der Waals surface area contributed by atoms with Gasteiger partial charge in [0.05, 0.1) is 7.11 Å². The largest absolute Gasteiger partial charge is 0.466 e. The molecule has 16 heavy (non-hydrogen) atoms. The monoisotopic (exact) mass is 251 g/mol. The van der Waals surface area contributed by atoms with Crippen LogP contribution in [0.4, 0.5) is 0 Å². The Morgan fingerprint density at radius 2 is 1.75 bits per heavy atom. The molecular weight excluding hydrogens is 234 g/mol. The molecule has 0 fully saturated rings. The minimum atomic E-state index is -0.577. The van der Waals surface area contributed by atoms with Gasteiger partial charge in [-0.15, -0.1) is 12.4 Å². The summed E-state index contributed by atoms with van der Waals surface area (Å²) < 4.78 is 9.31. The van der Waals surface area contributed by atoms with E-state index in [4.69, 9.17) is 4.74 Å². The van der Waals surface area contributed by atoms with Gasteiger partial charge in [0.2, 0.25) is 0 Å². The van der Waals surface area contributed by atoms with Crippen LogP contribution in [0, 0.1) is 0 Å². The van der Waals surface area contributed by atoms with Gasteiger partial charge in [0, 0.05) is 18.7 Å². The summed E-state index contributed by atoms with van der Waals surface area (Å²) in [4.78, 5) is 23.7. The molecule has 0 saturated heterocycles. The third-order valence-electron chi connectivity index (χ3n) is 1.50. The van der Waals surface area contributed by atoms with E-state index in [9.17, 15) is 9.59 Å². The molecule has 1 atom stereocenters. The second-order valence-corrected chi connectivity index (χ2v) is 3.37. The zero-order chi connectivity index (χ0) is 11.8. The van der Waals surface area contributed by atoms with Gasteiger partial charge in [0.1, 0.15) is 6.10 Å². The van der Waals surface area contributed by atoms with E-state index in [1.165, 1.54) is 7.11 Å². The predicted molar refractivity (Wildman–Crippen MR) is 62.5 cm³/mol. The number of carbonyl (C=O) groups excluding carboxylic acids is 2. The van der Waals surface area contributed by atoms with Crippen LogP contribution in [0.1, 0.15) is 6.92 Å². The SMILES string of the molecule is COC(=O)C=CC(=O)OC(C)CN(C)C.Cl. The fourth-order valence-corrected chi connectivity index (χ4v) is 0.993. The fraction of sp³-hybridized carbons (Fsp3) is 0.600.